The Kier molecular flexibility index (Phi) is 8.19. The van der Waals surface area contributed by atoms with Crippen molar-refractivity contribution in [2.75, 3.05) is 5.32 Å². The smallest absolute Gasteiger partial charge is 0.295 e. The summed E-state index contributed by atoms with van der Waals surface area (Å²) in [6.07, 6.45) is 3.66. The van der Waals surface area contributed by atoms with Crippen LogP contribution in [0, 0.1) is 19.8 Å². The van der Waals surface area contributed by atoms with Gasteiger partial charge < -0.3 is 9.84 Å². The molecule has 0 saturated heterocycles. The van der Waals surface area contributed by atoms with E-state index in [9.17, 15) is 4.79 Å². The molecule has 0 atom stereocenters. The predicted octanol–water partition coefficient (Wildman–Crippen LogP) is 5.40. The van der Waals surface area contributed by atoms with Crippen molar-refractivity contribution in [3.63, 3.8) is 0 Å². The standard InChI is InChI=1S/C21H26N4O2.C2H6/c1-14(2)5-7-17-8-6-15(3)11-18(17)13-25-16(4)12-20(24-25)23-21(26)19-9-10-22-27-19;1-2/h6,8-12,14H,5,7,13H2,1-4H3,(H,23,24,26);1-2H3. The van der Waals surface area contributed by atoms with Gasteiger partial charge in [-0.3, -0.25) is 9.48 Å². The molecular weight excluding hydrogens is 364 g/mol. The minimum atomic E-state index is -0.356. The summed E-state index contributed by atoms with van der Waals surface area (Å²) in [5.74, 6) is 0.982. The molecule has 2 heterocycles. The van der Waals surface area contributed by atoms with E-state index >= 15 is 0 Å². The molecule has 0 aliphatic carbocycles. The number of carbonyl (C=O) groups excluding carboxylic acids is 1. The number of amides is 1. The summed E-state index contributed by atoms with van der Waals surface area (Å²) in [4.78, 5) is 12.1. The zero-order valence-electron chi connectivity index (χ0n) is 18.3. The van der Waals surface area contributed by atoms with Crippen molar-refractivity contribution in [3.05, 3.63) is 64.7 Å². The minimum absolute atomic E-state index is 0.164. The molecule has 0 bridgehead atoms. The second kappa shape index (κ2) is 10.6. The first-order chi connectivity index (χ1) is 13.9. The lowest BCUT2D eigenvalue weighted by Crippen LogP contribution is -2.12. The average molecular weight is 397 g/mol. The van der Waals surface area contributed by atoms with Crippen LogP contribution >= 0.6 is 0 Å². The summed E-state index contributed by atoms with van der Waals surface area (Å²) in [6, 6.07) is 9.99. The van der Waals surface area contributed by atoms with Crippen LogP contribution in [0.4, 0.5) is 5.82 Å². The van der Waals surface area contributed by atoms with Gasteiger partial charge in [-0.2, -0.15) is 5.10 Å². The number of aromatic nitrogens is 3. The van der Waals surface area contributed by atoms with E-state index in [1.54, 1.807) is 0 Å². The lowest BCUT2D eigenvalue weighted by Gasteiger charge is -2.13. The predicted molar refractivity (Wildman–Crippen MR) is 116 cm³/mol. The molecular formula is C23H32N4O2. The molecule has 1 amide bonds. The molecule has 156 valence electrons. The van der Waals surface area contributed by atoms with Crippen molar-refractivity contribution in [3.8, 4) is 0 Å². The van der Waals surface area contributed by atoms with Gasteiger partial charge in [0.05, 0.1) is 12.7 Å². The Bertz CT molecular complexity index is 911. The molecule has 29 heavy (non-hydrogen) atoms. The Morgan fingerprint density at radius 2 is 1.90 bits per heavy atom. The highest BCUT2D eigenvalue weighted by molar-refractivity contribution is 6.01. The van der Waals surface area contributed by atoms with Crippen molar-refractivity contribution in [2.45, 2.75) is 60.9 Å². The maximum Gasteiger partial charge on any atom is 0.295 e. The molecule has 6 heteroatoms. The van der Waals surface area contributed by atoms with E-state index in [1.165, 1.54) is 29.0 Å². The third-order valence-corrected chi connectivity index (χ3v) is 4.56. The van der Waals surface area contributed by atoms with Gasteiger partial charge >= 0.3 is 0 Å². The van der Waals surface area contributed by atoms with Crippen LogP contribution in [-0.4, -0.2) is 20.8 Å². The van der Waals surface area contributed by atoms with Crippen molar-refractivity contribution < 1.29 is 9.32 Å². The molecule has 0 unspecified atom stereocenters. The molecule has 3 rings (SSSR count). The number of aryl methyl sites for hydroxylation is 3. The fraction of sp³-hybridized carbons (Fsp3) is 0.435. The van der Waals surface area contributed by atoms with Gasteiger partial charge in [0.15, 0.2) is 5.82 Å². The zero-order valence-corrected chi connectivity index (χ0v) is 18.3. The summed E-state index contributed by atoms with van der Waals surface area (Å²) in [5, 5.41) is 10.8. The minimum Gasteiger partial charge on any atom is -0.351 e. The van der Waals surface area contributed by atoms with E-state index < -0.39 is 0 Å². The summed E-state index contributed by atoms with van der Waals surface area (Å²) in [7, 11) is 0. The SMILES string of the molecule is CC.Cc1ccc(CCC(C)C)c(Cn2nc(NC(=O)c3ccno3)cc2C)c1. The lowest BCUT2D eigenvalue weighted by molar-refractivity contribution is 0.0987. The molecule has 2 aromatic heterocycles. The molecule has 0 fully saturated rings. The highest BCUT2D eigenvalue weighted by Crippen LogP contribution is 2.19. The van der Waals surface area contributed by atoms with Crippen LogP contribution < -0.4 is 5.32 Å². The van der Waals surface area contributed by atoms with E-state index in [4.69, 9.17) is 4.52 Å². The molecule has 0 spiro atoms. The zero-order chi connectivity index (χ0) is 21.4. The topological polar surface area (TPSA) is 73.0 Å². The van der Waals surface area contributed by atoms with Gasteiger partial charge in [0.1, 0.15) is 0 Å². The van der Waals surface area contributed by atoms with E-state index in [0.29, 0.717) is 18.3 Å². The Balaban J connectivity index is 0.00000145. The van der Waals surface area contributed by atoms with Crippen molar-refractivity contribution in [1.29, 1.82) is 0 Å². The monoisotopic (exact) mass is 396 g/mol. The fourth-order valence-corrected chi connectivity index (χ4v) is 2.99. The second-order valence-corrected chi connectivity index (χ2v) is 7.36. The van der Waals surface area contributed by atoms with E-state index in [-0.39, 0.29) is 11.7 Å². The lowest BCUT2D eigenvalue weighted by atomic mass is 9.97. The summed E-state index contributed by atoms with van der Waals surface area (Å²) in [6.45, 7) is 13.3. The molecule has 1 N–H and O–H groups in total. The van der Waals surface area contributed by atoms with Crippen LogP contribution in [-0.2, 0) is 13.0 Å². The number of benzene rings is 1. The van der Waals surface area contributed by atoms with Gasteiger partial charge in [-0.05, 0) is 43.7 Å². The number of anilines is 1. The Hall–Kier alpha value is -2.89. The van der Waals surface area contributed by atoms with Crippen molar-refractivity contribution in [1.82, 2.24) is 14.9 Å². The first kappa shape index (κ1) is 22.4. The number of carbonyl (C=O) groups is 1. The van der Waals surface area contributed by atoms with E-state index in [0.717, 1.165) is 18.5 Å². The van der Waals surface area contributed by atoms with Crippen molar-refractivity contribution >= 4 is 11.7 Å². The van der Waals surface area contributed by atoms with Gasteiger partial charge in [0.2, 0.25) is 5.76 Å². The van der Waals surface area contributed by atoms with Crippen molar-refractivity contribution in [2.24, 2.45) is 5.92 Å². The number of rotatable bonds is 7. The Morgan fingerprint density at radius 3 is 2.55 bits per heavy atom. The fourth-order valence-electron chi connectivity index (χ4n) is 2.99. The van der Waals surface area contributed by atoms with Gasteiger partial charge in [0.25, 0.3) is 5.91 Å². The normalized spacial score (nSPS) is 10.6. The molecule has 0 aliphatic rings. The summed E-state index contributed by atoms with van der Waals surface area (Å²) in [5.41, 5.74) is 4.85. The van der Waals surface area contributed by atoms with Crippen LogP contribution in [0.1, 0.15) is 67.1 Å². The van der Waals surface area contributed by atoms with Crippen LogP contribution in [0.5, 0.6) is 0 Å². The molecule has 0 saturated carbocycles. The summed E-state index contributed by atoms with van der Waals surface area (Å²) < 4.78 is 6.80. The number of hydrogen-bond donors (Lipinski definition) is 1. The maximum atomic E-state index is 12.1. The third-order valence-electron chi connectivity index (χ3n) is 4.56. The van der Waals surface area contributed by atoms with Crippen LogP contribution in [0.15, 0.2) is 41.1 Å². The third kappa shape index (κ3) is 6.31. The van der Waals surface area contributed by atoms with Gasteiger partial charge in [-0.1, -0.05) is 56.6 Å². The van der Waals surface area contributed by atoms with Gasteiger partial charge in [0, 0.05) is 17.8 Å². The van der Waals surface area contributed by atoms with Gasteiger partial charge in [-0.15, -0.1) is 0 Å². The van der Waals surface area contributed by atoms with Crippen LogP contribution in [0.3, 0.4) is 0 Å². The quantitative estimate of drug-likeness (QED) is 0.580. The Morgan fingerprint density at radius 1 is 1.14 bits per heavy atom. The molecule has 1 aromatic carbocycles. The van der Waals surface area contributed by atoms with E-state index in [1.807, 2.05) is 31.5 Å². The Labute approximate surface area is 173 Å². The largest absolute Gasteiger partial charge is 0.351 e. The highest BCUT2D eigenvalue weighted by Gasteiger charge is 2.14. The van der Waals surface area contributed by atoms with Crippen LogP contribution in [0.25, 0.3) is 0 Å². The number of nitrogens with zero attached hydrogens (tertiary/aromatic N) is 3. The highest BCUT2D eigenvalue weighted by atomic mass is 16.5. The average Bonchev–Trinajstić information content (AvgIpc) is 3.33. The second-order valence-electron chi connectivity index (χ2n) is 7.36. The molecule has 3 aromatic rings. The maximum absolute atomic E-state index is 12.1. The molecule has 0 radical (unpaired) electrons. The van der Waals surface area contributed by atoms with E-state index in [2.05, 4.69) is 54.5 Å². The van der Waals surface area contributed by atoms with Crippen LogP contribution in [0.2, 0.25) is 0 Å². The molecule has 0 aliphatic heterocycles. The van der Waals surface area contributed by atoms with Gasteiger partial charge in [-0.25, -0.2) is 0 Å². The number of hydrogen-bond acceptors (Lipinski definition) is 4. The number of nitrogens with one attached hydrogen (secondary N) is 1. The summed E-state index contributed by atoms with van der Waals surface area (Å²) >= 11 is 0. The molecule has 6 nitrogen and oxygen atoms in total. The first-order valence-corrected chi connectivity index (χ1v) is 10.3. The first-order valence-electron chi connectivity index (χ1n) is 10.3.